The normalized spacial score (nSPS) is 10.1. The molecule has 0 saturated carbocycles. The smallest absolute Gasteiger partial charge is 0.158 e. The molecule has 3 aromatic rings. The zero-order valence-corrected chi connectivity index (χ0v) is 13.3. The molecular formula is C17H18FN3O2. The fourth-order valence-electron chi connectivity index (χ4n) is 2.20. The number of rotatable bonds is 4. The highest BCUT2D eigenvalue weighted by molar-refractivity contribution is 5.93. The molecule has 0 amide bonds. The van der Waals surface area contributed by atoms with E-state index < -0.39 is 0 Å². The van der Waals surface area contributed by atoms with Gasteiger partial charge in [-0.15, -0.1) is 0 Å². The number of halogens is 1. The Kier molecular flexibility index (Phi) is 5.41. The minimum atomic E-state index is -0.271. The molecule has 23 heavy (non-hydrogen) atoms. The molecular weight excluding hydrogens is 297 g/mol. The van der Waals surface area contributed by atoms with E-state index in [2.05, 4.69) is 10.3 Å². The molecule has 0 aliphatic heterocycles. The van der Waals surface area contributed by atoms with E-state index in [1.165, 1.54) is 12.1 Å². The first-order chi connectivity index (χ1) is 11.2. The van der Waals surface area contributed by atoms with E-state index in [-0.39, 0.29) is 5.82 Å². The van der Waals surface area contributed by atoms with Crippen molar-refractivity contribution < 1.29 is 13.8 Å². The molecule has 0 unspecified atom stereocenters. The second-order valence-corrected chi connectivity index (χ2v) is 4.77. The molecule has 1 aromatic heterocycles. The van der Waals surface area contributed by atoms with Crippen LogP contribution in [-0.4, -0.2) is 23.6 Å². The standard InChI is InChI=1S/C15H12FN3O2.C2H6/c1-19(8-10-2-4-12(16)5-3-10)14-7-11(9-20)6-13-15(14)18-21-17-13;1-2/h2-7,9H,8H2,1H3;1-2H3. The number of aldehydes is 1. The number of nitrogens with zero attached hydrogens (tertiary/aromatic N) is 3. The van der Waals surface area contributed by atoms with Crippen molar-refractivity contribution in [1.29, 1.82) is 0 Å². The van der Waals surface area contributed by atoms with E-state index in [0.717, 1.165) is 17.5 Å². The van der Waals surface area contributed by atoms with Crippen LogP contribution < -0.4 is 4.90 Å². The zero-order chi connectivity index (χ0) is 16.8. The number of carbonyl (C=O) groups is 1. The Morgan fingerprint density at radius 2 is 1.87 bits per heavy atom. The van der Waals surface area contributed by atoms with E-state index in [1.807, 2.05) is 25.8 Å². The molecule has 0 aliphatic carbocycles. The van der Waals surface area contributed by atoms with Crippen LogP contribution in [-0.2, 0) is 6.54 Å². The Labute approximate surface area is 133 Å². The molecule has 0 atom stereocenters. The highest BCUT2D eigenvalue weighted by Crippen LogP contribution is 2.26. The summed E-state index contributed by atoms with van der Waals surface area (Å²) in [5, 5.41) is 7.63. The Balaban J connectivity index is 0.000000924. The summed E-state index contributed by atoms with van der Waals surface area (Å²) in [4.78, 5) is 12.9. The van der Waals surface area contributed by atoms with Gasteiger partial charge >= 0.3 is 0 Å². The third-order valence-corrected chi connectivity index (χ3v) is 3.24. The Morgan fingerprint density at radius 1 is 1.17 bits per heavy atom. The van der Waals surface area contributed by atoms with Crippen LogP contribution >= 0.6 is 0 Å². The van der Waals surface area contributed by atoms with Gasteiger partial charge in [-0.3, -0.25) is 4.79 Å². The maximum absolute atomic E-state index is 12.9. The first-order valence-electron chi connectivity index (χ1n) is 7.34. The van der Waals surface area contributed by atoms with Crippen molar-refractivity contribution in [1.82, 2.24) is 10.3 Å². The predicted octanol–water partition coefficient (Wildman–Crippen LogP) is 3.84. The number of carbonyl (C=O) groups excluding carboxylic acids is 1. The monoisotopic (exact) mass is 315 g/mol. The number of benzene rings is 2. The summed E-state index contributed by atoms with van der Waals surface area (Å²) in [7, 11) is 1.86. The summed E-state index contributed by atoms with van der Waals surface area (Å²) in [5.41, 5.74) is 3.30. The lowest BCUT2D eigenvalue weighted by molar-refractivity contribution is 0.112. The van der Waals surface area contributed by atoms with Crippen LogP contribution in [0.4, 0.5) is 10.1 Å². The fraction of sp³-hybridized carbons (Fsp3) is 0.235. The van der Waals surface area contributed by atoms with Crippen LogP contribution in [0.5, 0.6) is 0 Å². The van der Waals surface area contributed by atoms with Gasteiger partial charge in [0.1, 0.15) is 17.6 Å². The summed E-state index contributed by atoms with van der Waals surface area (Å²) >= 11 is 0. The maximum atomic E-state index is 12.9. The van der Waals surface area contributed by atoms with Gasteiger partial charge in [-0.2, -0.15) is 0 Å². The summed E-state index contributed by atoms with van der Waals surface area (Å²) in [6.07, 6.45) is 0.753. The number of anilines is 1. The average molecular weight is 315 g/mol. The van der Waals surface area contributed by atoms with E-state index in [9.17, 15) is 9.18 Å². The number of hydrogen-bond donors (Lipinski definition) is 0. The molecule has 6 heteroatoms. The van der Waals surface area contributed by atoms with E-state index in [1.54, 1.807) is 24.3 Å². The van der Waals surface area contributed by atoms with Gasteiger partial charge < -0.3 is 4.90 Å². The van der Waals surface area contributed by atoms with Crippen molar-refractivity contribution in [3.8, 4) is 0 Å². The van der Waals surface area contributed by atoms with E-state index in [4.69, 9.17) is 4.63 Å². The third-order valence-electron chi connectivity index (χ3n) is 3.24. The first-order valence-corrected chi connectivity index (χ1v) is 7.34. The van der Waals surface area contributed by atoms with Crippen molar-refractivity contribution in [3.63, 3.8) is 0 Å². The Bertz CT molecular complexity index is 784. The van der Waals surface area contributed by atoms with Crippen LogP contribution in [0.15, 0.2) is 41.0 Å². The minimum Gasteiger partial charge on any atom is -0.368 e. The summed E-state index contributed by atoms with van der Waals surface area (Å²) in [6, 6.07) is 9.61. The van der Waals surface area contributed by atoms with Crippen molar-refractivity contribution in [2.75, 3.05) is 11.9 Å². The van der Waals surface area contributed by atoms with Gasteiger partial charge in [0.25, 0.3) is 0 Å². The van der Waals surface area contributed by atoms with Gasteiger partial charge in [0.2, 0.25) is 0 Å². The molecule has 0 radical (unpaired) electrons. The van der Waals surface area contributed by atoms with Crippen molar-refractivity contribution >= 4 is 23.0 Å². The minimum absolute atomic E-state index is 0.271. The second kappa shape index (κ2) is 7.49. The summed E-state index contributed by atoms with van der Waals surface area (Å²) in [6.45, 7) is 4.55. The molecule has 0 saturated heterocycles. The van der Waals surface area contributed by atoms with Gasteiger partial charge in [-0.05, 0) is 40.1 Å². The number of aromatic nitrogens is 2. The van der Waals surface area contributed by atoms with Gasteiger partial charge in [0, 0.05) is 19.2 Å². The number of hydrogen-bond acceptors (Lipinski definition) is 5. The van der Waals surface area contributed by atoms with Crippen molar-refractivity contribution in [2.24, 2.45) is 0 Å². The quantitative estimate of drug-likeness (QED) is 0.685. The van der Waals surface area contributed by atoms with Gasteiger partial charge in [-0.25, -0.2) is 9.02 Å². The van der Waals surface area contributed by atoms with Crippen LogP contribution in [0.3, 0.4) is 0 Å². The van der Waals surface area contributed by atoms with Crippen molar-refractivity contribution in [3.05, 3.63) is 53.3 Å². The molecule has 0 bridgehead atoms. The van der Waals surface area contributed by atoms with Gasteiger partial charge in [0.15, 0.2) is 5.52 Å². The average Bonchev–Trinajstić information content (AvgIpc) is 3.06. The third kappa shape index (κ3) is 3.71. The van der Waals surface area contributed by atoms with Crippen molar-refractivity contribution in [2.45, 2.75) is 20.4 Å². The highest BCUT2D eigenvalue weighted by Gasteiger charge is 2.13. The lowest BCUT2D eigenvalue weighted by Crippen LogP contribution is -2.17. The SMILES string of the molecule is CC.CN(Cc1ccc(F)cc1)c1cc(C=O)cc2nonc12. The molecule has 5 nitrogen and oxygen atoms in total. The lowest BCUT2D eigenvalue weighted by atomic mass is 10.1. The van der Waals surface area contributed by atoms with Crippen LogP contribution in [0.25, 0.3) is 11.0 Å². The summed E-state index contributed by atoms with van der Waals surface area (Å²) < 4.78 is 17.7. The van der Waals surface area contributed by atoms with Crippen LogP contribution in [0.1, 0.15) is 29.8 Å². The topological polar surface area (TPSA) is 59.2 Å². The molecule has 2 aromatic carbocycles. The molecule has 0 fully saturated rings. The van der Waals surface area contributed by atoms with Gasteiger partial charge in [0.05, 0.1) is 5.69 Å². The van der Waals surface area contributed by atoms with Crippen LogP contribution in [0.2, 0.25) is 0 Å². The molecule has 0 N–H and O–H groups in total. The zero-order valence-electron chi connectivity index (χ0n) is 13.3. The maximum Gasteiger partial charge on any atom is 0.158 e. The molecule has 120 valence electrons. The van der Waals surface area contributed by atoms with Gasteiger partial charge in [-0.1, -0.05) is 26.0 Å². The Morgan fingerprint density at radius 3 is 2.52 bits per heavy atom. The highest BCUT2D eigenvalue weighted by atomic mass is 19.1. The molecule has 0 spiro atoms. The number of fused-ring (bicyclic) bond motifs is 1. The van der Waals surface area contributed by atoms with E-state index in [0.29, 0.717) is 23.1 Å². The molecule has 3 rings (SSSR count). The van der Waals surface area contributed by atoms with Crippen LogP contribution in [0, 0.1) is 5.82 Å². The fourth-order valence-corrected chi connectivity index (χ4v) is 2.20. The summed E-state index contributed by atoms with van der Waals surface area (Å²) in [5.74, 6) is -0.271. The predicted molar refractivity (Wildman–Crippen MR) is 87.0 cm³/mol. The molecule has 1 heterocycles. The lowest BCUT2D eigenvalue weighted by Gasteiger charge is -2.19. The van der Waals surface area contributed by atoms with E-state index >= 15 is 0 Å². The Hall–Kier alpha value is -2.76. The largest absolute Gasteiger partial charge is 0.368 e. The molecule has 0 aliphatic rings. The second-order valence-electron chi connectivity index (χ2n) is 4.77. The first kappa shape index (κ1) is 16.6.